The van der Waals surface area contributed by atoms with Gasteiger partial charge in [0.15, 0.2) is 9.84 Å². The van der Waals surface area contributed by atoms with E-state index in [1.165, 1.54) is 77.0 Å². The highest BCUT2D eigenvalue weighted by Gasteiger charge is 2.22. The third-order valence-electron chi connectivity index (χ3n) is 7.78. The number of rotatable bonds is 22. The zero-order valence-electron chi connectivity index (χ0n) is 25.2. The average molecular weight is 576 g/mol. The minimum Gasteiger partial charge on any atom is -0.450 e. The van der Waals surface area contributed by atoms with Gasteiger partial charge in [-0.25, -0.2) is 13.2 Å². The molecule has 1 atom stereocenters. The predicted molar refractivity (Wildman–Crippen MR) is 167 cm³/mol. The highest BCUT2D eigenvalue weighted by molar-refractivity contribution is 7.91. The molecule has 0 heterocycles. The van der Waals surface area contributed by atoms with Crippen molar-refractivity contribution < 1.29 is 23.1 Å². The Balaban J connectivity index is 1.71. The van der Waals surface area contributed by atoms with Crippen molar-refractivity contribution in [2.24, 2.45) is 0 Å². The molecule has 0 aliphatic carbocycles. The summed E-state index contributed by atoms with van der Waals surface area (Å²) >= 11 is 0. The molecule has 1 N–H and O–H groups in total. The molecule has 2 aromatic carbocycles. The van der Waals surface area contributed by atoms with Gasteiger partial charge in [-0.05, 0) is 31.4 Å². The number of hydrogen-bond donors (Lipinski definition) is 1. The van der Waals surface area contributed by atoms with Crippen LogP contribution in [-0.4, -0.2) is 45.6 Å². The van der Waals surface area contributed by atoms with Gasteiger partial charge < -0.3 is 14.7 Å². The molecule has 0 aliphatic rings. The lowest BCUT2D eigenvalue weighted by molar-refractivity contribution is 0.0457. The minimum atomic E-state index is -3.61. The zero-order valence-corrected chi connectivity index (χ0v) is 26.0. The Morgan fingerprint density at radius 3 is 1.77 bits per heavy atom. The lowest BCUT2D eigenvalue weighted by Crippen LogP contribution is -2.21. The highest BCUT2D eigenvalue weighted by atomic mass is 32.2. The number of unbranched alkanes of at least 4 members (excludes halogenated alkanes) is 14. The summed E-state index contributed by atoms with van der Waals surface area (Å²) in [7, 11) is 0.253. The van der Waals surface area contributed by atoms with Crippen molar-refractivity contribution in [1.29, 1.82) is 0 Å². The molecule has 0 spiro atoms. The van der Waals surface area contributed by atoms with Gasteiger partial charge in [0.25, 0.3) is 0 Å². The molecule has 0 aromatic heterocycles. The van der Waals surface area contributed by atoms with Crippen LogP contribution >= 0.6 is 0 Å². The van der Waals surface area contributed by atoms with E-state index in [-0.39, 0.29) is 17.1 Å². The quantitative estimate of drug-likeness (QED) is 0.111. The van der Waals surface area contributed by atoms with Crippen LogP contribution in [0.2, 0.25) is 0 Å². The maximum atomic E-state index is 13.3. The zero-order chi connectivity index (χ0) is 29.2. The summed E-state index contributed by atoms with van der Waals surface area (Å²) in [6.07, 6.45) is 17.8. The molecule has 40 heavy (non-hydrogen) atoms. The topological polar surface area (TPSA) is 83.9 Å². The molecule has 0 bridgehead atoms. The fourth-order valence-corrected chi connectivity index (χ4v) is 7.06. The Bertz CT molecular complexity index is 1100. The van der Waals surface area contributed by atoms with E-state index in [9.17, 15) is 18.3 Å². The third kappa shape index (κ3) is 12.5. The van der Waals surface area contributed by atoms with Gasteiger partial charge in [-0.3, -0.25) is 0 Å². The van der Waals surface area contributed by atoms with Gasteiger partial charge in [0, 0.05) is 30.6 Å². The molecule has 2 rings (SSSR count). The van der Waals surface area contributed by atoms with Crippen LogP contribution in [0.1, 0.15) is 116 Å². The summed E-state index contributed by atoms with van der Waals surface area (Å²) in [6.45, 7) is 2.26. The van der Waals surface area contributed by atoms with Crippen molar-refractivity contribution >= 4 is 32.5 Å². The maximum absolute atomic E-state index is 13.3. The van der Waals surface area contributed by atoms with Crippen LogP contribution in [0.5, 0.6) is 0 Å². The second-order valence-electron chi connectivity index (χ2n) is 11.4. The summed E-state index contributed by atoms with van der Waals surface area (Å²) < 4.78 is 31.7. The van der Waals surface area contributed by atoms with Crippen LogP contribution in [-0.2, 0) is 14.6 Å². The van der Waals surface area contributed by atoms with Crippen LogP contribution in [0.25, 0.3) is 10.8 Å². The monoisotopic (exact) mass is 575 g/mol. The van der Waals surface area contributed by atoms with E-state index < -0.39 is 22.1 Å². The first kappa shape index (κ1) is 33.9. The van der Waals surface area contributed by atoms with Crippen LogP contribution in [0.15, 0.2) is 41.3 Å². The summed E-state index contributed by atoms with van der Waals surface area (Å²) in [6, 6.07) is 11.0. The van der Waals surface area contributed by atoms with E-state index in [2.05, 4.69) is 6.92 Å². The van der Waals surface area contributed by atoms with Crippen molar-refractivity contribution in [3.8, 4) is 0 Å². The lowest BCUT2D eigenvalue weighted by Gasteiger charge is -2.18. The van der Waals surface area contributed by atoms with Gasteiger partial charge in [-0.1, -0.05) is 121 Å². The molecule has 0 aliphatic heterocycles. The molecule has 1 unspecified atom stereocenters. The van der Waals surface area contributed by atoms with Gasteiger partial charge in [0.05, 0.1) is 10.6 Å². The van der Waals surface area contributed by atoms with Crippen molar-refractivity contribution in [2.45, 2.75) is 127 Å². The number of hydrogen-bond acceptors (Lipinski definition) is 5. The van der Waals surface area contributed by atoms with E-state index in [1.807, 2.05) is 43.3 Å². The fraction of sp³-hybridized carbons (Fsp3) is 0.667. The second-order valence-corrected chi connectivity index (χ2v) is 13.5. The molecule has 7 heteroatoms. The van der Waals surface area contributed by atoms with Gasteiger partial charge in [-0.2, -0.15) is 0 Å². The molecular formula is C33H53NO5S. The number of carbonyl (C=O) groups is 1. The molecule has 0 saturated carbocycles. The Morgan fingerprint density at radius 2 is 1.25 bits per heavy atom. The summed E-state index contributed by atoms with van der Waals surface area (Å²) in [5, 5.41) is 10.8. The van der Waals surface area contributed by atoms with E-state index in [4.69, 9.17) is 4.74 Å². The minimum absolute atomic E-state index is 0.144. The molecular weight excluding hydrogens is 522 g/mol. The molecule has 6 nitrogen and oxygen atoms in total. The van der Waals surface area contributed by atoms with E-state index in [1.54, 1.807) is 12.1 Å². The number of anilines is 1. The molecule has 0 fully saturated rings. The van der Waals surface area contributed by atoms with Gasteiger partial charge in [-0.15, -0.1) is 0 Å². The van der Waals surface area contributed by atoms with Crippen molar-refractivity contribution in [3.63, 3.8) is 0 Å². The van der Waals surface area contributed by atoms with Crippen molar-refractivity contribution in [1.82, 2.24) is 0 Å². The SMILES string of the molecule is CCCCCCCCCCCCCCCCCC(CCS(=O)(=O)c1cccc2c(N(C)C)cccc12)OC(=O)O. The summed E-state index contributed by atoms with van der Waals surface area (Å²) in [4.78, 5) is 13.5. The number of sulfone groups is 1. The highest BCUT2D eigenvalue weighted by Crippen LogP contribution is 2.31. The number of benzene rings is 2. The molecule has 2 aromatic rings. The van der Waals surface area contributed by atoms with E-state index in [0.29, 0.717) is 11.8 Å². The smallest absolute Gasteiger partial charge is 0.450 e. The number of carboxylic acid groups (broad SMARTS) is 1. The Kier molecular flexibility index (Phi) is 16.1. The summed E-state index contributed by atoms with van der Waals surface area (Å²) in [5.41, 5.74) is 0.954. The van der Waals surface area contributed by atoms with E-state index >= 15 is 0 Å². The van der Waals surface area contributed by atoms with Crippen LogP contribution in [0, 0.1) is 0 Å². The third-order valence-corrected chi connectivity index (χ3v) is 9.58. The summed E-state index contributed by atoms with van der Waals surface area (Å²) in [5.74, 6) is -0.144. The van der Waals surface area contributed by atoms with Crippen LogP contribution in [0.4, 0.5) is 10.5 Å². The molecule has 0 amide bonds. The number of fused-ring (bicyclic) bond motifs is 1. The molecule has 226 valence electrons. The Labute approximate surface area is 243 Å². The Hall–Kier alpha value is -2.28. The normalized spacial score (nSPS) is 12.5. The van der Waals surface area contributed by atoms with Crippen LogP contribution < -0.4 is 4.90 Å². The Morgan fingerprint density at radius 1 is 0.750 bits per heavy atom. The number of nitrogens with zero attached hydrogens (tertiary/aromatic N) is 1. The first-order valence-corrected chi connectivity index (χ1v) is 17.2. The molecule has 0 radical (unpaired) electrons. The fourth-order valence-electron chi connectivity index (χ4n) is 5.47. The first-order valence-electron chi connectivity index (χ1n) is 15.6. The standard InChI is InChI=1S/C33H53NO5S/c1-4-5-6-7-8-9-10-11-12-13-14-15-16-17-18-21-28(39-33(35)36)26-27-40(37,38)32-25-20-22-29-30(32)23-19-24-31(29)34(2)3/h19-20,22-25,28H,4-18,21,26-27H2,1-3H3,(H,35,36). The van der Waals surface area contributed by atoms with Crippen molar-refractivity contribution in [3.05, 3.63) is 36.4 Å². The second kappa shape index (κ2) is 19.0. The lowest BCUT2D eigenvalue weighted by atomic mass is 10.0. The number of ether oxygens (including phenoxy) is 1. The van der Waals surface area contributed by atoms with Gasteiger partial charge in [0.1, 0.15) is 6.10 Å². The van der Waals surface area contributed by atoms with Gasteiger partial charge in [0.2, 0.25) is 0 Å². The van der Waals surface area contributed by atoms with Crippen molar-refractivity contribution in [2.75, 3.05) is 24.7 Å². The predicted octanol–water partition coefficient (Wildman–Crippen LogP) is 9.39. The van der Waals surface area contributed by atoms with Crippen LogP contribution in [0.3, 0.4) is 0 Å². The average Bonchev–Trinajstić information content (AvgIpc) is 2.92. The van der Waals surface area contributed by atoms with Gasteiger partial charge >= 0.3 is 6.16 Å². The van der Waals surface area contributed by atoms with E-state index in [0.717, 1.165) is 30.3 Å². The molecule has 0 saturated heterocycles. The first-order chi connectivity index (χ1) is 19.3. The maximum Gasteiger partial charge on any atom is 0.506 e. The largest absolute Gasteiger partial charge is 0.506 e.